The highest BCUT2D eigenvalue weighted by Gasteiger charge is 2.14. The van der Waals surface area contributed by atoms with Gasteiger partial charge in [0.25, 0.3) is 0 Å². The summed E-state index contributed by atoms with van der Waals surface area (Å²) in [6, 6.07) is 9.57. The molecule has 0 atom stereocenters. The van der Waals surface area contributed by atoms with E-state index in [1.165, 1.54) is 0 Å². The number of aromatic nitrogens is 2. The van der Waals surface area contributed by atoms with E-state index in [4.69, 9.17) is 37.7 Å². The average Bonchev–Trinajstić information content (AvgIpc) is 2.99. The molecule has 0 aliphatic heterocycles. The van der Waals surface area contributed by atoms with Crippen molar-refractivity contribution in [2.75, 3.05) is 13.2 Å². The summed E-state index contributed by atoms with van der Waals surface area (Å²) in [6.45, 7) is 7.18. The van der Waals surface area contributed by atoms with E-state index < -0.39 is 0 Å². The predicted molar refractivity (Wildman–Crippen MR) is 116 cm³/mol. The van der Waals surface area contributed by atoms with Crippen molar-refractivity contribution in [3.05, 3.63) is 57.3 Å². The van der Waals surface area contributed by atoms with Gasteiger partial charge in [0.1, 0.15) is 11.6 Å². The third-order valence-electron chi connectivity index (χ3n) is 4.67. The number of rotatable bonds is 8. The Kier molecular flexibility index (Phi) is 7.04. The predicted octanol–water partition coefficient (Wildman–Crippen LogP) is 5.73. The monoisotopic (exact) mass is 434 g/mol. The summed E-state index contributed by atoms with van der Waals surface area (Å²) in [5.41, 5.74) is 3.86. The van der Waals surface area contributed by atoms with Gasteiger partial charge in [0.2, 0.25) is 0 Å². The molecule has 0 radical (unpaired) electrons. The van der Waals surface area contributed by atoms with Crippen LogP contribution in [0.4, 0.5) is 0 Å². The standard InChI is InChI=1S/C22H24Cl2N2O3/c1-4-28-20(27)9-6-10-29-17-11-14(2)22-19(12-17)26(15(3)25-22)13-16-7-5-8-18(23)21(16)24/h5,7-8,11-12H,4,6,9-10,13H2,1-3H3. The van der Waals surface area contributed by atoms with E-state index in [0.29, 0.717) is 42.6 Å². The maximum Gasteiger partial charge on any atom is 0.305 e. The Balaban J connectivity index is 1.81. The van der Waals surface area contributed by atoms with Crippen molar-refractivity contribution in [1.82, 2.24) is 9.55 Å². The third-order valence-corrected chi connectivity index (χ3v) is 5.53. The number of fused-ring (bicyclic) bond motifs is 1. The molecule has 3 rings (SSSR count). The van der Waals surface area contributed by atoms with Crippen LogP contribution >= 0.6 is 23.2 Å². The summed E-state index contributed by atoms with van der Waals surface area (Å²) < 4.78 is 12.9. The van der Waals surface area contributed by atoms with Crippen LogP contribution in [0.2, 0.25) is 10.0 Å². The van der Waals surface area contributed by atoms with E-state index in [2.05, 4.69) is 4.57 Å². The summed E-state index contributed by atoms with van der Waals surface area (Å²) >= 11 is 12.5. The zero-order valence-corrected chi connectivity index (χ0v) is 18.3. The molecule has 0 aliphatic rings. The van der Waals surface area contributed by atoms with Crippen LogP contribution in [0.25, 0.3) is 11.0 Å². The minimum Gasteiger partial charge on any atom is -0.493 e. The Hall–Kier alpha value is -2.24. The van der Waals surface area contributed by atoms with Gasteiger partial charge in [-0.3, -0.25) is 4.79 Å². The summed E-state index contributed by atoms with van der Waals surface area (Å²) in [5.74, 6) is 1.44. The van der Waals surface area contributed by atoms with Gasteiger partial charge in [-0.25, -0.2) is 4.98 Å². The van der Waals surface area contributed by atoms with E-state index in [9.17, 15) is 4.79 Å². The molecule has 7 heteroatoms. The van der Waals surface area contributed by atoms with E-state index in [-0.39, 0.29) is 5.97 Å². The maximum absolute atomic E-state index is 11.4. The fraction of sp³-hybridized carbons (Fsp3) is 0.364. The third kappa shape index (κ3) is 5.03. The molecule has 2 aromatic carbocycles. The van der Waals surface area contributed by atoms with Crippen LogP contribution in [-0.4, -0.2) is 28.7 Å². The number of hydrogen-bond acceptors (Lipinski definition) is 4. The Morgan fingerprint density at radius 3 is 2.76 bits per heavy atom. The number of esters is 1. The normalized spacial score (nSPS) is 11.1. The summed E-state index contributed by atoms with van der Waals surface area (Å²) in [4.78, 5) is 16.2. The molecule has 1 heterocycles. The average molecular weight is 435 g/mol. The molecule has 1 aromatic heterocycles. The quantitative estimate of drug-likeness (QED) is 0.335. The van der Waals surface area contributed by atoms with Crippen LogP contribution in [0.3, 0.4) is 0 Å². The Labute approximate surface area is 180 Å². The zero-order valence-electron chi connectivity index (χ0n) is 16.8. The first-order valence-electron chi connectivity index (χ1n) is 9.59. The van der Waals surface area contributed by atoms with Gasteiger partial charge in [-0.1, -0.05) is 35.3 Å². The van der Waals surface area contributed by atoms with Gasteiger partial charge in [0.15, 0.2) is 0 Å². The lowest BCUT2D eigenvalue weighted by Gasteiger charge is -2.12. The van der Waals surface area contributed by atoms with Gasteiger partial charge in [0.05, 0.1) is 40.8 Å². The van der Waals surface area contributed by atoms with Gasteiger partial charge >= 0.3 is 5.97 Å². The molecule has 0 saturated carbocycles. The van der Waals surface area contributed by atoms with Crippen LogP contribution < -0.4 is 4.74 Å². The lowest BCUT2D eigenvalue weighted by atomic mass is 10.2. The molecule has 0 spiro atoms. The number of carbonyl (C=O) groups is 1. The Morgan fingerprint density at radius 2 is 2.00 bits per heavy atom. The summed E-state index contributed by atoms with van der Waals surface area (Å²) in [5, 5.41) is 1.09. The first kappa shape index (κ1) is 21.5. The number of imidazole rings is 1. The number of halogens is 2. The minimum atomic E-state index is -0.199. The van der Waals surface area contributed by atoms with E-state index >= 15 is 0 Å². The topological polar surface area (TPSA) is 53.4 Å². The fourth-order valence-corrected chi connectivity index (χ4v) is 3.62. The van der Waals surface area contributed by atoms with Gasteiger partial charge in [-0.05, 0) is 50.5 Å². The molecule has 29 heavy (non-hydrogen) atoms. The molecule has 0 saturated heterocycles. The molecular weight excluding hydrogens is 411 g/mol. The SMILES string of the molecule is CCOC(=O)CCCOc1cc(C)c2nc(C)n(Cc3cccc(Cl)c3Cl)c2c1. The van der Waals surface area contributed by atoms with E-state index in [1.54, 1.807) is 13.0 Å². The molecule has 0 unspecified atom stereocenters. The highest BCUT2D eigenvalue weighted by Crippen LogP contribution is 2.30. The maximum atomic E-state index is 11.4. The zero-order chi connectivity index (χ0) is 21.0. The van der Waals surface area contributed by atoms with Crippen molar-refractivity contribution in [1.29, 1.82) is 0 Å². The van der Waals surface area contributed by atoms with Gasteiger partial charge in [0, 0.05) is 12.5 Å². The van der Waals surface area contributed by atoms with Crippen LogP contribution in [0.15, 0.2) is 30.3 Å². The lowest BCUT2D eigenvalue weighted by molar-refractivity contribution is -0.143. The molecular formula is C22H24Cl2N2O3. The van der Waals surface area contributed by atoms with Crippen molar-refractivity contribution in [2.24, 2.45) is 0 Å². The fourth-order valence-electron chi connectivity index (χ4n) is 3.24. The Morgan fingerprint density at radius 1 is 1.21 bits per heavy atom. The van der Waals surface area contributed by atoms with Crippen molar-refractivity contribution in [3.63, 3.8) is 0 Å². The number of nitrogens with zero attached hydrogens (tertiary/aromatic N) is 2. The van der Waals surface area contributed by atoms with Gasteiger partial charge < -0.3 is 14.0 Å². The van der Waals surface area contributed by atoms with E-state index in [0.717, 1.165) is 33.7 Å². The van der Waals surface area contributed by atoms with Crippen LogP contribution in [0, 0.1) is 13.8 Å². The van der Waals surface area contributed by atoms with Crippen molar-refractivity contribution in [3.8, 4) is 5.75 Å². The molecule has 0 N–H and O–H groups in total. The molecule has 0 aliphatic carbocycles. The molecule has 3 aromatic rings. The molecule has 0 amide bonds. The second kappa shape index (κ2) is 9.51. The molecule has 0 fully saturated rings. The van der Waals surface area contributed by atoms with E-state index in [1.807, 2.05) is 38.1 Å². The number of carbonyl (C=O) groups excluding carboxylic acids is 1. The molecule has 0 bridgehead atoms. The minimum absolute atomic E-state index is 0.199. The largest absolute Gasteiger partial charge is 0.493 e. The van der Waals surface area contributed by atoms with Crippen LogP contribution in [0.1, 0.15) is 36.7 Å². The van der Waals surface area contributed by atoms with Crippen molar-refractivity contribution in [2.45, 2.75) is 40.2 Å². The highest BCUT2D eigenvalue weighted by atomic mass is 35.5. The summed E-state index contributed by atoms with van der Waals surface area (Å²) in [6.07, 6.45) is 0.950. The van der Waals surface area contributed by atoms with Gasteiger partial charge in [-0.15, -0.1) is 0 Å². The number of benzene rings is 2. The Bertz CT molecular complexity index is 1030. The first-order valence-corrected chi connectivity index (χ1v) is 10.3. The number of hydrogen-bond donors (Lipinski definition) is 0. The molecule has 5 nitrogen and oxygen atoms in total. The second-order valence-electron chi connectivity index (χ2n) is 6.82. The highest BCUT2D eigenvalue weighted by molar-refractivity contribution is 6.42. The summed E-state index contributed by atoms with van der Waals surface area (Å²) in [7, 11) is 0. The number of aryl methyl sites for hydroxylation is 2. The first-order chi connectivity index (χ1) is 13.9. The van der Waals surface area contributed by atoms with Crippen LogP contribution in [-0.2, 0) is 16.1 Å². The smallest absolute Gasteiger partial charge is 0.305 e. The lowest BCUT2D eigenvalue weighted by Crippen LogP contribution is -2.07. The van der Waals surface area contributed by atoms with Crippen molar-refractivity contribution >= 4 is 40.2 Å². The van der Waals surface area contributed by atoms with Crippen molar-refractivity contribution < 1.29 is 14.3 Å². The number of ether oxygens (including phenoxy) is 2. The van der Waals surface area contributed by atoms with Crippen LogP contribution in [0.5, 0.6) is 5.75 Å². The molecule has 154 valence electrons. The van der Waals surface area contributed by atoms with Gasteiger partial charge in [-0.2, -0.15) is 0 Å². The second-order valence-corrected chi connectivity index (χ2v) is 7.61.